The minimum atomic E-state index is -0.274. The number of fused-ring (bicyclic) bond motifs is 1. The van der Waals surface area contributed by atoms with Crippen LogP contribution < -0.4 is 15.4 Å². The zero-order valence-electron chi connectivity index (χ0n) is 11.4. The summed E-state index contributed by atoms with van der Waals surface area (Å²) in [6.45, 7) is 0.901. The van der Waals surface area contributed by atoms with Crippen LogP contribution in [0.4, 0.5) is 5.69 Å². The Labute approximate surface area is 117 Å². The molecule has 108 valence electrons. The lowest BCUT2D eigenvalue weighted by Crippen LogP contribution is -2.39. The van der Waals surface area contributed by atoms with Gasteiger partial charge in [-0.2, -0.15) is 0 Å². The Hall–Kier alpha value is -2.08. The first kappa shape index (κ1) is 14.3. The summed E-state index contributed by atoms with van der Waals surface area (Å²) < 4.78 is 10.0. The van der Waals surface area contributed by atoms with Crippen molar-refractivity contribution in [3.63, 3.8) is 0 Å². The summed E-state index contributed by atoms with van der Waals surface area (Å²) in [7, 11) is 1.35. The lowest BCUT2D eigenvalue weighted by molar-refractivity contribution is -0.140. The number of ether oxygens (including phenoxy) is 2. The topological polar surface area (TPSA) is 81.9 Å². The van der Waals surface area contributed by atoms with Crippen LogP contribution in [-0.4, -0.2) is 32.1 Å². The van der Waals surface area contributed by atoms with Crippen molar-refractivity contribution in [3.8, 4) is 5.75 Å². The number of carbonyl (C=O) groups excluding carboxylic acids is 2. The van der Waals surface area contributed by atoms with Gasteiger partial charge in [-0.25, -0.2) is 0 Å². The van der Waals surface area contributed by atoms with Crippen LogP contribution in [0.5, 0.6) is 5.75 Å². The Morgan fingerprint density at radius 2 is 2.30 bits per heavy atom. The molecule has 1 heterocycles. The highest BCUT2D eigenvalue weighted by molar-refractivity contribution is 5.97. The van der Waals surface area contributed by atoms with Gasteiger partial charge in [-0.1, -0.05) is 6.07 Å². The van der Waals surface area contributed by atoms with E-state index in [0.29, 0.717) is 25.3 Å². The van der Waals surface area contributed by atoms with Gasteiger partial charge >= 0.3 is 5.97 Å². The number of nitrogens with zero attached hydrogens (tertiary/aromatic N) is 1. The van der Waals surface area contributed by atoms with Gasteiger partial charge in [0.15, 0.2) is 6.61 Å². The average Bonchev–Trinajstić information content (AvgIpc) is 2.48. The summed E-state index contributed by atoms with van der Waals surface area (Å²) in [5.74, 6) is 0.276. The average molecular weight is 278 g/mol. The molecule has 2 rings (SSSR count). The molecular formula is C14H18N2O4. The Bertz CT molecular complexity index is 516. The molecule has 0 saturated carbocycles. The highest BCUT2D eigenvalue weighted by atomic mass is 16.5. The van der Waals surface area contributed by atoms with E-state index in [1.807, 2.05) is 18.2 Å². The van der Waals surface area contributed by atoms with Gasteiger partial charge in [-0.3, -0.25) is 9.59 Å². The fourth-order valence-corrected chi connectivity index (χ4v) is 2.10. The van der Waals surface area contributed by atoms with Crippen molar-refractivity contribution in [1.29, 1.82) is 0 Å². The molecule has 0 unspecified atom stereocenters. The van der Waals surface area contributed by atoms with Gasteiger partial charge in [-0.05, 0) is 24.1 Å². The molecule has 6 heteroatoms. The molecule has 1 aromatic rings. The monoisotopic (exact) mass is 278 g/mol. The Kier molecular flexibility index (Phi) is 4.57. The van der Waals surface area contributed by atoms with Crippen molar-refractivity contribution in [1.82, 2.24) is 0 Å². The van der Waals surface area contributed by atoms with Crippen molar-refractivity contribution in [2.75, 3.05) is 25.2 Å². The van der Waals surface area contributed by atoms with Gasteiger partial charge in [0.25, 0.3) is 5.91 Å². The summed E-state index contributed by atoms with van der Waals surface area (Å²) in [6.07, 6.45) is 0.841. The van der Waals surface area contributed by atoms with Crippen LogP contribution in [0.15, 0.2) is 18.2 Å². The molecule has 1 aliphatic heterocycles. The Morgan fingerprint density at radius 1 is 1.50 bits per heavy atom. The molecular weight excluding hydrogens is 260 g/mol. The smallest absolute Gasteiger partial charge is 0.305 e. The third kappa shape index (κ3) is 3.08. The second-order valence-electron chi connectivity index (χ2n) is 4.52. The number of esters is 1. The zero-order chi connectivity index (χ0) is 14.5. The normalized spacial score (nSPS) is 13.7. The highest BCUT2D eigenvalue weighted by Crippen LogP contribution is 2.33. The molecule has 0 saturated heterocycles. The van der Waals surface area contributed by atoms with Crippen molar-refractivity contribution in [3.05, 3.63) is 23.8 Å². The summed E-state index contributed by atoms with van der Waals surface area (Å²) in [5.41, 5.74) is 7.26. The minimum Gasteiger partial charge on any atom is -0.482 e. The second-order valence-corrected chi connectivity index (χ2v) is 4.52. The maximum Gasteiger partial charge on any atom is 0.305 e. The maximum atomic E-state index is 11.9. The molecule has 1 aliphatic rings. The first-order valence-electron chi connectivity index (χ1n) is 6.48. The Morgan fingerprint density at radius 3 is 3.00 bits per heavy atom. The first-order valence-corrected chi connectivity index (χ1v) is 6.48. The van der Waals surface area contributed by atoms with Crippen molar-refractivity contribution in [2.24, 2.45) is 5.73 Å². The third-order valence-electron chi connectivity index (χ3n) is 3.19. The largest absolute Gasteiger partial charge is 0.482 e. The van der Waals surface area contributed by atoms with Crippen LogP contribution in [0.3, 0.4) is 0 Å². The van der Waals surface area contributed by atoms with Crippen LogP contribution in [0.1, 0.15) is 18.4 Å². The second kappa shape index (κ2) is 6.38. The Balaban J connectivity index is 2.09. The predicted molar refractivity (Wildman–Crippen MR) is 73.4 cm³/mol. The van der Waals surface area contributed by atoms with Crippen LogP contribution in [0.2, 0.25) is 0 Å². The number of carbonyl (C=O) groups is 2. The number of hydrogen-bond acceptors (Lipinski definition) is 5. The molecule has 1 aromatic carbocycles. The summed E-state index contributed by atoms with van der Waals surface area (Å²) in [6, 6.07) is 5.54. The van der Waals surface area contributed by atoms with Crippen molar-refractivity contribution < 1.29 is 19.1 Å². The van der Waals surface area contributed by atoms with Crippen molar-refractivity contribution >= 4 is 17.6 Å². The van der Waals surface area contributed by atoms with E-state index in [4.69, 9.17) is 10.5 Å². The molecule has 0 fully saturated rings. The first-order chi connectivity index (χ1) is 9.65. The van der Waals surface area contributed by atoms with E-state index in [1.54, 1.807) is 4.90 Å². The quantitative estimate of drug-likeness (QED) is 0.806. The van der Waals surface area contributed by atoms with Crippen molar-refractivity contribution in [2.45, 2.75) is 19.4 Å². The third-order valence-corrected chi connectivity index (χ3v) is 3.19. The van der Waals surface area contributed by atoms with E-state index in [9.17, 15) is 9.59 Å². The predicted octanol–water partition coefficient (Wildman–Crippen LogP) is 0.824. The number of rotatable bonds is 5. The van der Waals surface area contributed by atoms with E-state index in [-0.39, 0.29) is 24.9 Å². The van der Waals surface area contributed by atoms with Crippen LogP contribution in [0, 0.1) is 0 Å². The van der Waals surface area contributed by atoms with Gasteiger partial charge in [0.2, 0.25) is 0 Å². The molecule has 0 aliphatic carbocycles. The van der Waals surface area contributed by atoms with Gasteiger partial charge in [0.05, 0.1) is 12.8 Å². The standard InChI is InChI=1S/C14H18N2O4/c1-19-14(18)3-2-6-16-11-5-4-10(8-15)7-12(11)20-9-13(16)17/h4-5,7H,2-3,6,8-9,15H2,1H3. The van der Waals surface area contributed by atoms with Crippen LogP contribution in [0.25, 0.3) is 0 Å². The number of amides is 1. The number of hydrogen-bond donors (Lipinski definition) is 1. The zero-order valence-corrected chi connectivity index (χ0v) is 11.4. The van der Waals surface area contributed by atoms with Crippen LogP contribution in [-0.2, 0) is 20.9 Å². The van der Waals surface area contributed by atoms with Gasteiger partial charge < -0.3 is 20.1 Å². The SMILES string of the molecule is COC(=O)CCCN1C(=O)COc2cc(CN)ccc21. The highest BCUT2D eigenvalue weighted by Gasteiger charge is 2.25. The summed E-state index contributed by atoms with van der Waals surface area (Å²) >= 11 is 0. The molecule has 1 amide bonds. The van der Waals surface area contributed by atoms with E-state index < -0.39 is 0 Å². The molecule has 0 atom stereocenters. The number of nitrogens with two attached hydrogens (primary N) is 1. The molecule has 0 radical (unpaired) electrons. The number of benzene rings is 1. The van der Waals surface area contributed by atoms with E-state index in [1.165, 1.54) is 7.11 Å². The summed E-state index contributed by atoms with van der Waals surface area (Å²) in [5, 5.41) is 0. The van der Waals surface area contributed by atoms with E-state index >= 15 is 0 Å². The fraction of sp³-hybridized carbons (Fsp3) is 0.429. The number of methoxy groups -OCH3 is 1. The van der Waals surface area contributed by atoms with Crippen LogP contribution >= 0.6 is 0 Å². The maximum absolute atomic E-state index is 11.9. The van der Waals surface area contributed by atoms with E-state index in [0.717, 1.165) is 11.3 Å². The fourth-order valence-electron chi connectivity index (χ4n) is 2.10. The molecule has 0 spiro atoms. The summed E-state index contributed by atoms with van der Waals surface area (Å²) in [4.78, 5) is 24.7. The molecule has 0 bridgehead atoms. The molecule has 2 N–H and O–H groups in total. The molecule has 6 nitrogen and oxygen atoms in total. The number of anilines is 1. The van der Waals surface area contributed by atoms with Gasteiger partial charge in [0.1, 0.15) is 5.75 Å². The molecule has 20 heavy (non-hydrogen) atoms. The lowest BCUT2D eigenvalue weighted by atomic mass is 10.1. The van der Waals surface area contributed by atoms with Gasteiger partial charge in [-0.15, -0.1) is 0 Å². The molecule has 0 aromatic heterocycles. The van der Waals surface area contributed by atoms with E-state index in [2.05, 4.69) is 4.74 Å². The lowest BCUT2D eigenvalue weighted by Gasteiger charge is -2.29. The van der Waals surface area contributed by atoms with Gasteiger partial charge in [0, 0.05) is 19.5 Å². The minimum absolute atomic E-state index is 0.0131.